The van der Waals surface area contributed by atoms with E-state index in [1.807, 2.05) is 6.92 Å². The summed E-state index contributed by atoms with van der Waals surface area (Å²) in [6, 6.07) is 4.24. The van der Waals surface area contributed by atoms with E-state index >= 15 is 0 Å². The van der Waals surface area contributed by atoms with Crippen molar-refractivity contribution in [2.24, 2.45) is 11.8 Å². The third-order valence-corrected chi connectivity index (χ3v) is 3.43. The van der Waals surface area contributed by atoms with E-state index < -0.39 is 5.82 Å². The summed E-state index contributed by atoms with van der Waals surface area (Å²) in [6.07, 6.45) is 0.923. The normalized spacial score (nSPS) is 20.1. The molecule has 4 N–H and O–H groups in total. The number of benzene rings is 1. The topological polar surface area (TPSA) is 76.4 Å². The van der Waals surface area contributed by atoms with Gasteiger partial charge in [-0.25, -0.2) is 4.39 Å². The van der Waals surface area contributed by atoms with Gasteiger partial charge in [0.05, 0.1) is 17.9 Å². The van der Waals surface area contributed by atoms with Gasteiger partial charge in [0.15, 0.2) is 0 Å². The van der Waals surface area contributed by atoms with Crippen molar-refractivity contribution in [2.45, 2.75) is 19.4 Å². The van der Waals surface area contributed by atoms with Gasteiger partial charge in [-0.05, 0) is 25.5 Å². The minimum absolute atomic E-state index is 0.00914. The van der Waals surface area contributed by atoms with Crippen molar-refractivity contribution < 1.29 is 13.9 Å². The molecule has 1 heterocycles. The van der Waals surface area contributed by atoms with Crippen molar-refractivity contribution in [1.82, 2.24) is 5.32 Å². The van der Waals surface area contributed by atoms with Crippen molar-refractivity contribution >= 4 is 11.6 Å². The second-order valence-corrected chi connectivity index (χ2v) is 4.69. The molecule has 0 bridgehead atoms. The highest BCUT2D eigenvalue weighted by Gasteiger charge is 2.25. The summed E-state index contributed by atoms with van der Waals surface area (Å²) >= 11 is 0. The summed E-state index contributed by atoms with van der Waals surface area (Å²) in [5.74, 6) is 4.66. The van der Waals surface area contributed by atoms with Crippen LogP contribution in [0.4, 0.5) is 10.1 Å². The largest absolute Gasteiger partial charge is 0.381 e. The number of rotatable bonds is 4. The average Bonchev–Trinajstić information content (AvgIpc) is 2.92. The van der Waals surface area contributed by atoms with Crippen molar-refractivity contribution in [3.63, 3.8) is 0 Å². The van der Waals surface area contributed by atoms with Gasteiger partial charge in [-0.3, -0.25) is 10.6 Å². The molecule has 19 heavy (non-hydrogen) atoms. The lowest BCUT2D eigenvalue weighted by molar-refractivity contribution is 0.0922. The first kappa shape index (κ1) is 13.8. The predicted octanol–water partition coefficient (Wildman–Crippen LogP) is 1.27. The fourth-order valence-corrected chi connectivity index (χ4v) is 2.21. The Labute approximate surface area is 111 Å². The van der Waals surface area contributed by atoms with Crippen LogP contribution in [0.1, 0.15) is 23.7 Å². The molecule has 2 unspecified atom stereocenters. The summed E-state index contributed by atoms with van der Waals surface area (Å²) in [5, 5.41) is 2.86. The maximum atomic E-state index is 13.5. The lowest BCUT2D eigenvalue weighted by atomic mass is 10.00. The number of ether oxygens (including phenoxy) is 1. The van der Waals surface area contributed by atoms with Crippen LogP contribution in [-0.4, -0.2) is 25.2 Å². The fourth-order valence-electron chi connectivity index (χ4n) is 2.21. The quantitative estimate of drug-likeness (QED) is 0.567. The smallest absolute Gasteiger partial charge is 0.253 e. The number of hydrogen-bond donors (Lipinski definition) is 3. The highest BCUT2D eigenvalue weighted by molar-refractivity contribution is 5.99. The molecule has 2 rings (SSSR count). The first-order valence-electron chi connectivity index (χ1n) is 6.27. The van der Waals surface area contributed by atoms with Gasteiger partial charge in [0.1, 0.15) is 5.82 Å². The van der Waals surface area contributed by atoms with E-state index in [1.54, 1.807) is 0 Å². The van der Waals surface area contributed by atoms with Gasteiger partial charge in [-0.15, -0.1) is 0 Å². The zero-order chi connectivity index (χ0) is 13.8. The minimum Gasteiger partial charge on any atom is -0.381 e. The number of halogens is 1. The lowest BCUT2D eigenvalue weighted by Gasteiger charge is -2.20. The fraction of sp³-hybridized carbons (Fsp3) is 0.462. The number of hydrazine groups is 1. The number of carbonyl (C=O) groups excluding carboxylic acids is 1. The maximum absolute atomic E-state index is 13.5. The Morgan fingerprint density at radius 1 is 1.58 bits per heavy atom. The average molecular weight is 267 g/mol. The van der Waals surface area contributed by atoms with Crippen LogP contribution in [0, 0.1) is 11.7 Å². The number of nitrogens with one attached hydrogen (secondary N) is 2. The summed E-state index contributed by atoms with van der Waals surface area (Å²) in [5.41, 5.74) is 2.44. The molecular weight excluding hydrogens is 249 g/mol. The first-order chi connectivity index (χ1) is 9.13. The van der Waals surface area contributed by atoms with Gasteiger partial charge in [-0.2, -0.15) is 0 Å². The van der Waals surface area contributed by atoms with Crippen LogP contribution in [0.25, 0.3) is 0 Å². The summed E-state index contributed by atoms with van der Waals surface area (Å²) in [4.78, 5) is 12.1. The molecule has 5 nitrogen and oxygen atoms in total. The number of carbonyl (C=O) groups is 1. The molecule has 1 aromatic rings. The standard InChI is InChI=1S/C13H18FN3O2/c1-8(9-5-6-19-7-9)16-13(18)10-3-2-4-11(14)12(10)17-15/h2-4,8-9,17H,5-7,15H2,1H3,(H,16,18). The second kappa shape index (κ2) is 5.99. The van der Waals surface area contributed by atoms with E-state index in [1.165, 1.54) is 18.2 Å². The van der Waals surface area contributed by atoms with E-state index in [9.17, 15) is 9.18 Å². The Morgan fingerprint density at radius 3 is 3.00 bits per heavy atom. The molecule has 2 atom stereocenters. The van der Waals surface area contributed by atoms with Crippen LogP contribution in [0.2, 0.25) is 0 Å². The number of amides is 1. The van der Waals surface area contributed by atoms with Crippen LogP contribution in [0.3, 0.4) is 0 Å². The van der Waals surface area contributed by atoms with Crippen molar-refractivity contribution in [3.05, 3.63) is 29.6 Å². The van der Waals surface area contributed by atoms with Crippen LogP contribution in [-0.2, 0) is 4.74 Å². The van der Waals surface area contributed by atoms with E-state index in [4.69, 9.17) is 10.6 Å². The van der Waals surface area contributed by atoms with Crippen LogP contribution in [0.5, 0.6) is 0 Å². The molecule has 0 spiro atoms. The van der Waals surface area contributed by atoms with Crippen LogP contribution in [0.15, 0.2) is 18.2 Å². The molecular formula is C13H18FN3O2. The van der Waals surface area contributed by atoms with Gasteiger partial charge in [0.25, 0.3) is 5.91 Å². The molecule has 1 amide bonds. The minimum atomic E-state index is -0.549. The molecule has 6 heteroatoms. The van der Waals surface area contributed by atoms with Gasteiger partial charge < -0.3 is 15.5 Å². The summed E-state index contributed by atoms with van der Waals surface area (Å²) in [7, 11) is 0. The molecule has 1 aliphatic heterocycles. The monoisotopic (exact) mass is 267 g/mol. The molecule has 1 fully saturated rings. The van der Waals surface area contributed by atoms with Crippen molar-refractivity contribution in [3.8, 4) is 0 Å². The SMILES string of the molecule is CC(NC(=O)c1cccc(F)c1NN)C1CCOC1. The molecule has 0 saturated carbocycles. The Balaban J connectivity index is 2.09. The van der Waals surface area contributed by atoms with E-state index in [0.29, 0.717) is 12.5 Å². The predicted molar refractivity (Wildman–Crippen MR) is 70.1 cm³/mol. The second-order valence-electron chi connectivity index (χ2n) is 4.69. The highest BCUT2D eigenvalue weighted by atomic mass is 19.1. The van der Waals surface area contributed by atoms with E-state index in [2.05, 4.69) is 10.7 Å². The Kier molecular flexibility index (Phi) is 4.34. The van der Waals surface area contributed by atoms with Crippen LogP contribution < -0.4 is 16.6 Å². The molecule has 104 valence electrons. The van der Waals surface area contributed by atoms with Gasteiger partial charge in [0.2, 0.25) is 0 Å². The number of nitrogen functional groups attached to an aromatic ring is 1. The Bertz CT molecular complexity index is 461. The molecule has 0 radical (unpaired) electrons. The zero-order valence-corrected chi connectivity index (χ0v) is 10.8. The number of nitrogens with two attached hydrogens (primary N) is 1. The third kappa shape index (κ3) is 3.02. The number of anilines is 1. The molecule has 0 aromatic heterocycles. The lowest BCUT2D eigenvalue weighted by Crippen LogP contribution is -2.38. The van der Waals surface area contributed by atoms with Crippen molar-refractivity contribution in [2.75, 3.05) is 18.6 Å². The van der Waals surface area contributed by atoms with E-state index in [-0.39, 0.29) is 23.2 Å². The Hall–Kier alpha value is -1.66. The molecule has 1 aromatic carbocycles. The maximum Gasteiger partial charge on any atom is 0.253 e. The summed E-state index contributed by atoms with van der Waals surface area (Å²) < 4.78 is 18.8. The van der Waals surface area contributed by atoms with Crippen molar-refractivity contribution in [1.29, 1.82) is 0 Å². The first-order valence-corrected chi connectivity index (χ1v) is 6.27. The summed E-state index contributed by atoms with van der Waals surface area (Å²) in [6.45, 7) is 3.29. The third-order valence-electron chi connectivity index (χ3n) is 3.43. The number of hydrogen-bond acceptors (Lipinski definition) is 4. The number of para-hydroxylation sites is 1. The Morgan fingerprint density at radius 2 is 2.37 bits per heavy atom. The molecule has 1 aliphatic rings. The van der Waals surface area contributed by atoms with Crippen LogP contribution >= 0.6 is 0 Å². The molecule has 0 aliphatic carbocycles. The van der Waals surface area contributed by atoms with E-state index in [0.717, 1.165) is 13.0 Å². The molecule has 1 saturated heterocycles. The highest BCUT2D eigenvalue weighted by Crippen LogP contribution is 2.20. The zero-order valence-electron chi connectivity index (χ0n) is 10.8. The van der Waals surface area contributed by atoms with Gasteiger partial charge >= 0.3 is 0 Å². The van der Waals surface area contributed by atoms with Gasteiger partial charge in [-0.1, -0.05) is 6.07 Å². The van der Waals surface area contributed by atoms with Gasteiger partial charge in [0, 0.05) is 18.6 Å².